The van der Waals surface area contributed by atoms with Gasteiger partial charge in [0.1, 0.15) is 5.75 Å². The molecular formula is C23H20N4O4S. The van der Waals surface area contributed by atoms with E-state index in [0.717, 1.165) is 10.9 Å². The molecule has 0 bridgehead atoms. The van der Waals surface area contributed by atoms with Crippen molar-refractivity contribution in [3.8, 4) is 11.6 Å². The molecule has 4 rings (SSSR count). The normalized spacial score (nSPS) is 11.3. The van der Waals surface area contributed by atoms with Crippen LogP contribution in [0.2, 0.25) is 0 Å². The van der Waals surface area contributed by atoms with Crippen molar-refractivity contribution in [2.75, 3.05) is 5.32 Å². The van der Waals surface area contributed by atoms with E-state index < -0.39 is 10.0 Å². The monoisotopic (exact) mass is 448 g/mol. The SMILES string of the molecule is CC(=O)c1ccc(Oc2nc(CNc3ccc(S(N)(=O)=O)cc3)nc3ccccc23)cc1. The number of ether oxygens (including phenoxy) is 1. The number of nitrogens with two attached hydrogens (primary N) is 1. The Morgan fingerprint density at radius 2 is 1.66 bits per heavy atom. The lowest BCUT2D eigenvalue weighted by Crippen LogP contribution is -2.12. The molecule has 0 spiro atoms. The van der Waals surface area contributed by atoms with Crippen molar-refractivity contribution in [3.05, 3.63) is 84.2 Å². The highest BCUT2D eigenvalue weighted by atomic mass is 32.2. The molecule has 0 saturated carbocycles. The largest absolute Gasteiger partial charge is 0.438 e. The van der Waals surface area contributed by atoms with Gasteiger partial charge >= 0.3 is 0 Å². The summed E-state index contributed by atoms with van der Waals surface area (Å²) in [5, 5.41) is 9.04. The summed E-state index contributed by atoms with van der Waals surface area (Å²) in [7, 11) is -3.74. The second kappa shape index (κ2) is 8.74. The van der Waals surface area contributed by atoms with Crippen LogP contribution in [0.5, 0.6) is 11.6 Å². The molecule has 0 atom stereocenters. The quantitative estimate of drug-likeness (QED) is 0.411. The minimum absolute atomic E-state index is 0.0190. The predicted molar refractivity (Wildman–Crippen MR) is 121 cm³/mol. The summed E-state index contributed by atoms with van der Waals surface area (Å²) in [6, 6.07) is 20.4. The molecule has 8 nitrogen and oxygen atoms in total. The molecule has 0 aliphatic carbocycles. The Morgan fingerprint density at radius 3 is 2.31 bits per heavy atom. The van der Waals surface area contributed by atoms with Gasteiger partial charge in [0, 0.05) is 11.3 Å². The molecule has 0 radical (unpaired) electrons. The van der Waals surface area contributed by atoms with Crippen molar-refractivity contribution >= 4 is 32.4 Å². The van der Waals surface area contributed by atoms with Gasteiger partial charge in [0.15, 0.2) is 11.6 Å². The number of carbonyl (C=O) groups is 1. The fourth-order valence-electron chi connectivity index (χ4n) is 3.06. The summed E-state index contributed by atoms with van der Waals surface area (Å²) in [5.74, 6) is 1.42. The molecule has 0 saturated heterocycles. The van der Waals surface area contributed by atoms with E-state index in [4.69, 9.17) is 9.88 Å². The third-order valence-electron chi connectivity index (χ3n) is 4.72. The topological polar surface area (TPSA) is 124 Å². The molecule has 9 heteroatoms. The number of primary sulfonamides is 1. The van der Waals surface area contributed by atoms with E-state index in [-0.39, 0.29) is 10.7 Å². The zero-order chi connectivity index (χ0) is 22.7. The van der Waals surface area contributed by atoms with Crippen LogP contribution in [0.15, 0.2) is 77.7 Å². The second-order valence-corrected chi connectivity index (χ2v) is 8.63. The van der Waals surface area contributed by atoms with Crippen LogP contribution in [-0.2, 0) is 16.6 Å². The van der Waals surface area contributed by atoms with Crippen LogP contribution >= 0.6 is 0 Å². The van der Waals surface area contributed by atoms with Gasteiger partial charge in [-0.25, -0.2) is 18.5 Å². The van der Waals surface area contributed by atoms with Gasteiger partial charge in [-0.3, -0.25) is 4.79 Å². The number of ketones is 1. The van der Waals surface area contributed by atoms with E-state index in [9.17, 15) is 13.2 Å². The number of para-hydroxylation sites is 1. The Hall–Kier alpha value is -3.82. The molecule has 0 amide bonds. The average molecular weight is 449 g/mol. The average Bonchev–Trinajstić information content (AvgIpc) is 2.78. The molecule has 1 heterocycles. The molecule has 0 fully saturated rings. The minimum atomic E-state index is -3.74. The fourth-order valence-corrected chi connectivity index (χ4v) is 3.58. The number of benzene rings is 3. The summed E-state index contributed by atoms with van der Waals surface area (Å²) < 4.78 is 28.8. The first-order valence-electron chi connectivity index (χ1n) is 9.71. The number of nitrogens with one attached hydrogen (secondary N) is 1. The highest BCUT2D eigenvalue weighted by molar-refractivity contribution is 7.89. The van der Waals surface area contributed by atoms with E-state index in [1.807, 2.05) is 24.3 Å². The van der Waals surface area contributed by atoms with E-state index in [2.05, 4.69) is 15.3 Å². The highest BCUT2D eigenvalue weighted by Crippen LogP contribution is 2.28. The summed E-state index contributed by atoms with van der Waals surface area (Å²) in [6.45, 7) is 1.80. The first-order valence-corrected chi connectivity index (χ1v) is 11.3. The van der Waals surface area contributed by atoms with Gasteiger partial charge in [-0.2, -0.15) is 4.98 Å². The summed E-state index contributed by atoms with van der Waals surface area (Å²) >= 11 is 0. The van der Waals surface area contributed by atoms with E-state index >= 15 is 0 Å². The van der Waals surface area contributed by atoms with Crippen molar-refractivity contribution in [2.45, 2.75) is 18.4 Å². The van der Waals surface area contributed by atoms with E-state index in [1.54, 1.807) is 36.4 Å². The van der Waals surface area contributed by atoms with Crippen molar-refractivity contribution < 1.29 is 17.9 Å². The summed E-state index contributed by atoms with van der Waals surface area (Å²) in [4.78, 5) is 20.6. The van der Waals surface area contributed by atoms with Gasteiger partial charge in [-0.15, -0.1) is 0 Å². The van der Waals surface area contributed by atoms with Crippen molar-refractivity contribution in [1.29, 1.82) is 0 Å². The van der Waals surface area contributed by atoms with Gasteiger partial charge in [0.05, 0.1) is 22.3 Å². The van der Waals surface area contributed by atoms with E-state index in [1.165, 1.54) is 19.1 Å². The standard InChI is InChI=1S/C23H20N4O4S/c1-15(28)16-6-10-18(11-7-16)31-23-20-4-2-3-5-21(20)26-22(27-23)14-25-17-8-12-19(13-9-17)32(24,29)30/h2-13,25H,14H2,1H3,(H2,24,29,30). The van der Waals surface area contributed by atoms with Crippen molar-refractivity contribution in [2.24, 2.45) is 5.14 Å². The molecule has 32 heavy (non-hydrogen) atoms. The molecule has 162 valence electrons. The first kappa shape index (κ1) is 21.4. The van der Waals surface area contributed by atoms with Crippen LogP contribution in [-0.4, -0.2) is 24.2 Å². The zero-order valence-corrected chi connectivity index (χ0v) is 18.0. The summed E-state index contributed by atoms with van der Waals surface area (Å²) in [6.07, 6.45) is 0. The second-order valence-electron chi connectivity index (χ2n) is 7.07. The number of nitrogens with zero attached hydrogens (tertiary/aromatic N) is 2. The van der Waals surface area contributed by atoms with Crippen LogP contribution in [0.3, 0.4) is 0 Å². The smallest absolute Gasteiger partial charge is 0.238 e. The molecule has 3 N–H and O–H groups in total. The van der Waals surface area contributed by atoms with Crippen molar-refractivity contribution in [3.63, 3.8) is 0 Å². The highest BCUT2D eigenvalue weighted by Gasteiger charge is 2.11. The third-order valence-corrected chi connectivity index (χ3v) is 5.65. The molecule has 0 aliphatic heterocycles. The molecular weight excluding hydrogens is 428 g/mol. The van der Waals surface area contributed by atoms with Gasteiger partial charge in [-0.05, 0) is 67.6 Å². The Bertz CT molecular complexity index is 1390. The predicted octanol–water partition coefficient (Wildman–Crippen LogP) is 3.88. The van der Waals surface area contributed by atoms with Gasteiger partial charge in [-0.1, -0.05) is 12.1 Å². The van der Waals surface area contributed by atoms with Crippen LogP contribution in [0.25, 0.3) is 10.9 Å². The number of rotatable bonds is 7. The Balaban J connectivity index is 1.58. The maximum absolute atomic E-state index is 11.5. The Morgan fingerprint density at radius 1 is 0.969 bits per heavy atom. The number of aromatic nitrogens is 2. The third kappa shape index (κ3) is 4.90. The number of hydrogen-bond acceptors (Lipinski definition) is 7. The minimum Gasteiger partial charge on any atom is -0.438 e. The number of fused-ring (bicyclic) bond motifs is 1. The van der Waals surface area contributed by atoms with Crippen LogP contribution in [0.4, 0.5) is 5.69 Å². The van der Waals surface area contributed by atoms with Gasteiger partial charge < -0.3 is 10.1 Å². The maximum Gasteiger partial charge on any atom is 0.238 e. The number of carbonyl (C=O) groups excluding carboxylic acids is 1. The molecule has 4 aromatic rings. The lowest BCUT2D eigenvalue weighted by atomic mass is 10.1. The zero-order valence-electron chi connectivity index (χ0n) is 17.1. The van der Waals surface area contributed by atoms with Gasteiger partial charge in [0.25, 0.3) is 0 Å². The maximum atomic E-state index is 11.5. The number of hydrogen-bond donors (Lipinski definition) is 2. The molecule has 3 aromatic carbocycles. The van der Waals surface area contributed by atoms with Crippen molar-refractivity contribution in [1.82, 2.24) is 9.97 Å². The Kier molecular flexibility index (Phi) is 5.85. The number of Topliss-reactive ketones (excluding diaryl/α,β-unsaturated/α-hetero) is 1. The van der Waals surface area contributed by atoms with E-state index in [0.29, 0.717) is 35.2 Å². The lowest BCUT2D eigenvalue weighted by Gasteiger charge is -2.11. The molecule has 0 unspecified atom stereocenters. The lowest BCUT2D eigenvalue weighted by molar-refractivity contribution is 0.101. The fraction of sp³-hybridized carbons (Fsp3) is 0.0870. The number of sulfonamides is 1. The summed E-state index contributed by atoms with van der Waals surface area (Å²) in [5.41, 5.74) is 2.01. The Labute approximate surface area is 185 Å². The van der Waals surface area contributed by atoms with Crippen LogP contribution < -0.4 is 15.2 Å². The number of anilines is 1. The first-order chi connectivity index (χ1) is 15.3. The van der Waals surface area contributed by atoms with Crippen LogP contribution in [0.1, 0.15) is 23.1 Å². The van der Waals surface area contributed by atoms with Crippen LogP contribution in [0, 0.1) is 0 Å². The molecule has 1 aromatic heterocycles. The molecule has 0 aliphatic rings. The van der Waals surface area contributed by atoms with Gasteiger partial charge in [0.2, 0.25) is 15.9 Å².